The molecule has 8 nitrogen and oxygen atoms in total. The first kappa shape index (κ1) is 20.0. The molecule has 2 atom stereocenters. The van der Waals surface area contributed by atoms with E-state index in [1.165, 1.54) is 24.9 Å². The van der Waals surface area contributed by atoms with E-state index in [-0.39, 0.29) is 29.0 Å². The van der Waals surface area contributed by atoms with E-state index in [9.17, 15) is 19.7 Å². The summed E-state index contributed by atoms with van der Waals surface area (Å²) < 4.78 is 4.97. The first-order valence-electron chi connectivity index (χ1n) is 8.23. The quantitative estimate of drug-likeness (QED) is 0.569. The molecule has 1 saturated heterocycles. The predicted molar refractivity (Wildman–Crippen MR) is 97.3 cm³/mol. The van der Waals surface area contributed by atoms with Gasteiger partial charge in [0.1, 0.15) is 0 Å². The highest BCUT2D eigenvalue weighted by atomic mass is 32.2. The third-order valence-corrected chi connectivity index (χ3v) is 5.50. The third kappa shape index (κ3) is 4.87. The van der Waals surface area contributed by atoms with Gasteiger partial charge in [-0.2, -0.15) is 0 Å². The molecule has 1 aliphatic rings. The van der Waals surface area contributed by atoms with Crippen molar-refractivity contribution < 1.29 is 24.4 Å². The lowest BCUT2D eigenvalue weighted by Crippen LogP contribution is -2.45. The van der Waals surface area contributed by atoms with Gasteiger partial charge >= 0.3 is 11.7 Å². The van der Waals surface area contributed by atoms with Crippen molar-refractivity contribution in [3.8, 4) is 5.75 Å². The van der Waals surface area contributed by atoms with Gasteiger partial charge in [0.2, 0.25) is 5.91 Å². The van der Waals surface area contributed by atoms with Crippen LogP contribution in [0.5, 0.6) is 5.75 Å². The maximum absolute atomic E-state index is 12.3. The first-order valence-corrected chi connectivity index (χ1v) is 9.38. The van der Waals surface area contributed by atoms with E-state index in [0.717, 1.165) is 5.56 Å². The molecule has 1 aliphatic heterocycles. The Labute approximate surface area is 155 Å². The molecule has 26 heavy (non-hydrogen) atoms. The summed E-state index contributed by atoms with van der Waals surface area (Å²) in [6.07, 6.45) is 0.470. The number of benzene rings is 1. The van der Waals surface area contributed by atoms with Gasteiger partial charge in [-0.1, -0.05) is 13.0 Å². The van der Waals surface area contributed by atoms with Crippen LogP contribution in [0, 0.1) is 22.0 Å². The number of carboxylic acid groups (broad SMARTS) is 1. The number of likely N-dealkylation sites (tertiary alicyclic amines) is 1. The monoisotopic (exact) mass is 382 g/mol. The number of piperidine rings is 1. The van der Waals surface area contributed by atoms with Gasteiger partial charge in [-0.15, -0.1) is 11.8 Å². The summed E-state index contributed by atoms with van der Waals surface area (Å²) >= 11 is 1.38. The molecule has 0 bridgehead atoms. The molecular weight excluding hydrogens is 360 g/mol. The summed E-state index contributed by atoms with van der Waals surface area (Å²) in [4.78, 5) is 35.7. The number of amides is 1. The number of ether oxygens (including phenoxy) is 1. The van der Waals surface area contributed by atoms with Crippen LogP contribution in [0.25, 0.3) is 0 Å². The lowest BCUT2D eigenvalue weighted by Gasteiger charge is -2.34. The second-order valence-corrected chi connectivity index (χ2v) is 7.29. The van der Waals surface area contributed by atoms with Gasteiger partial charge in [-0.25, -0.2) is 0 Å². The Bertz CT molecular complexity index is 696. The molecule has 0 spiro atoms. The Kier molecular flexibility index (Phi) is 6.84. The number of carbonyl (C=O) groups is 2. The number of hydrogen-bond donors (Lipinski definition) is 1. The third-order valence-electron chi connectivity index (χ3n) is 4.51. The van der Waals surface area contributed by atoms with Gasteiger partial charge in [0.25, 0.3) is 0 Å². The Balaban J connectivity index is 1.86. The number of nitro benzene ring substituents is 1. The zero-order valence-electron chi connectivity index (χ0n) is 14.7. The number of aliphatic carboxylic acids is 1. The van der Waals surface area contributed by atoms with Crippen LogP contribution < -0.4 is 4.74 Å². The van der Waals surface area contributed by atoms with Crippen molar-refractivity contribution in [3.63, 3.8) is 0 Å². The van der Waals surface area contributed by atoms with Crippen molar-refractivity contribution in [1.82, 2.24) is 4.90 Å². The highest BCUT2D eigenvalue weighted by molar-refractivity contribution is 7.99. The molecule has 0 aromatic heterocycles. The fourth-order valence-corrected chi connectivity index (χ4v) is 3.93. The lowest BCUT2D eigenvalue weighted by molar-refractivity contribution is -0.385. The van der Waals surface area contributed by atoms with Crippen molar-refractivity contribution >= 4 is 29.3 Å². The van der Waals surface area contributed by atoms with E-state index in [0.29, 0.717) is 25.3 Å². The molecule has 1 aromatic rings. The molecule has 2 unspecified atom stereocenters. The molecule has 1 heterocycles. The molecule has 1 N–H and O–H groups in total. The fourth-order valence-electron chi connectivity index (χ4n) is 3.05. The Morgan fingerprint density at radius 2 is 2.19 bits per heavy atom. The van der Waals surface area contributed by atoms with E-state index >= 15 is 0 Å². The summed E-state index contributed by atoms with van der Waals surface area (Å²) in [5.74, 6) is -0.378. The number of carbonyl (C=O) groups excluding carboxylic acids is 1. The minimum atomic E-state index is -0.805. The number of thioether (sulfide) groups is 1. The zero-order chi connectivity index (χ0) is 19.3. The number of hydrogen-bond acceptors (Lipinski definition) is 6. The summed E-state index contributed by atoms with van der Waals surface area (Å²) in [5, 5.41) is 20.2. The number of nitrogens with zero attached hydrogens (tertiary/aromatic N) is 2. The lowest BCUT2D eigenvalue weighted by atomic mass is 9.87. The normalized spacial score (nSPS) is 19.8. The van der Waals surface area contributed by atoms with Crippen molar-refractivity contribution in [1.29, 1.82) is 0 Å². The van der Waals surface area contributed by atoms with E-state index in [4.69, 9.17) is 9.84 Å². The summed E-state index contributed by atoms with van der Waals surface area (Å²) in [6.45, 7) is 2.75. The zero-order valence-corrected chi connectivity index (χ0v) is 15.5. The van der Waals surface area contributed by atoms with E-state index in [2.05, 4.69) is 0 Å². The van der Waals surface area contributed by atoms with Crippen LogP contribution in [0.4, 0.5) is 5.69 Å². The second kappa shape index (κ2) is 8.88. The van der Waals surface area contributed by atoms with Crippen molar-refractivity contribution in [2.75, 3.05) is 26.0 Å². The van der Waals surface area contributed by atoms with Gasteiger partial charge in [0, 0.05) is 24.9 Å². The maximum Gasteiger partial charge on any atom is 0.311 e. The molecule has 2 rings (SSSR count). The minimum absolute atomic E-state index is 0.0336. The highest BCUT2D eigenvalue weighted by Crippen LogP contribution is 2.29. The molecule has 0 aliphatic carbocycles. The van der Waals surface area contributed by atoms with E-state index in [1.54, 1.807) is 17.0 Å². The van der Waals surface area contributed by atoms with E-state index < -0.39 is 16.8 Å². The van der Waals surface area contributed by atoms with Crippen LogP contribution in [0.2, 0.25) is 0 Å². The Morgan fingerprint density at radius 1 is 1.46 bits per heavy atom. The second-order valence-electron chi connectivity index (χ2n) is 6.31. The maximum atomic E-state index is 12.3. The standard InChI is InChI=1S/C17H22N2O6S/c1-11-8-18(6-5-13(11)17(21)22)16(20)10-26-9-12-3-4-15(25-2)14(7-12)19(23)24/h3-4,7,11,13H,5-6,8-10H2,1-2H3,(H,21,22). The Hall–Kier alpha value is -2.29. The van der Waals surface area contributed by atoms with Gasteiger partial charge < -0.3 is 14.7 Å². The summed E-state index contributed by atoms with van der Waals surface area (Å²) in [5.41, 5.74) is 0.648. The Morgan fingerprint density at radius 3 is 2.77 bits per heavy atom. The van der Waals surface area contributed by atoms with Crippen LogP contribution in [-0.2, 0) is 15.3 Å². The number of carboxylic acids is 1. The van der Waals surface area contributed by atoms with Crippen molar-refractivity contribution in [2.45, 2.75) is 19.1 Å². The molecule has 1 amide bonds. The molecule has 0 radical (unpaired) electrons. The molecule has 142 valence electrons. The van der Waals surface area contributed by atoms with E-state index in [1.807, 2.05) is 6.92 Å². The summed E-state index contributed by atoms with van der Waals surface area (Å²) in [7, 11) is 1.38. The van der Waals surface area contributed by atoms with Crippen molar-refractivity contribution in [3.05, 3.63) is 33.9 Å². The van der Waals surface area contributed by atoms with Crippen LogP contribution in [-0.4, -0.2) is 52.8 Å². The topological polar surface area (TPSA) is 110 Å². The van der Waals surface area contributed by atoms with Crippen LogP contribution >= 0.6 is 11.8 Å². The largest absolute Gasteiger partial charge is 0.490 e. The van der Waals surface area contributed by atoms with Crippen LogP contribution in [0.1, 0.15) is 18.9 Å². The average Bonchev–Trinajstić information content (AvgIpc) is 2.60. The fraction of sp³-hybridized carbons (Fsp3) is 0.529. The van der Waals surface area contributed by atoms with Crippen LogP contribution in [0.3, 0.4) is 0 Å². The minimum Gasteiger partial charge on any atom is -0.490 e. The molecular formula is C17H22N2O6S. The summed E-state index contributed by atoms with van der Waals surface area (Å²) in [6, 6.07) is 4.74. The number of nitro groups is 1. The average molecular weight is 382 g/mol. The molecule has 1 aromatic carbocycles. The highest BCUT2D eigenvalue weighted by Gasteiger charge is 2.32. The predicted octanol–water partition coefficient (Wildman–Crippen LogP) is 2.41. The number of rotatable bonds is 7. The SMILES string of the molecule is COc1ccc(CSCC(=O)N2CCC(C(=O)O)C(C)C2)cc1[N+](=O)[O-]. The van der Waals surface area contributed by atoms with Gasteiger partial charge in [0.15, 0.2) is 5.75 Å². The molecule has 0 saturated carbocycles. The first-order chi connectivity index (χ1) is 12.3. The van der Waals surface area contributed by atoms with Gasteiger partial charge in [0.05, 0.1) is 23.7 Å². The number of methoxy groups -OCH3 is 1. The van der Waals surface area contributed by atoms with Crippen LogP contribution in [0.15, 0.2) is 18.2 Å². The van der Waals surface area contributed by atoms with Gasteiger partial charge in [-0.3, -0.25) is 19.7 Å². The smallest absolute Gasteiger partial charge is 0.311 e. The van der Waals surface area contributed by atoms with Gasteiger partial charge in [-0.05, 0) is 24.0 Å². The van der Waals surface area contributed by atoms with Crippen molar-refractivity contribution in [2.24, 2.45) is 11.8 Å². The molecule has 1 fully saturated rings. The molecule has 9 heteroatoms.